The number of hydrogen-bond acceptors (Lipinski definition) is 5. The Morgan fingerprint density at radius 2 is 2.14 bits per heavy atom. The molecule has 8 heteroatoms. The summed E-state index contributed by atoms with van der Waals surface area (Å²) in [5.41, 5.74) is 0.470. The number of amides is 1. The van der Waals surface area contributed by atoms with Crippen LogP contribution in [-0.2, 0) is 22.0 Å². The van der Waals surface area contributed by atoms with Crippen LogP contribution in [-0.4, -0.2) is 39.5 Å². The molecule has 1 saturated carbocycles. The number of nitrogens with zero attached hydrogens (tertiary/aromatic N) is 3. The number of ether oxygens (including phenoxy) is 1. The topological polar surface area (TPSA) is 86.1 Å². The minimum atomic E-state index is -0.574. The van der Waals surface area contributed by atoms with Gasteiger partial charge in [0.25, 0.3) is 0 Å². The zero-order valence-corrected chi connectivity index (χ0v) is 12.7. The van der Waals surface area contributed by atoms with Crippen LogP contribution >= 0.6 is 11.6 Å². The molecule has 0 unspecified atom stereocenters. The van der Waals surface area contributed by atoms with Crippen molar-refractivity contribution in [1.82, 2.24) is 20.3 Å². The Morgan fingerprint density at radius 3 is 2.76 bits per heavy atom. The lowest BCUT2D eigenvalue weighted by atomic mass is 10.2. The molecule has 1 aliphatic carbocycles. The average molecular weight is 315 g/mol. The average Bonchev–Trinajstić information content (AvgIpc) is 3.08. The van der Waals surface area contributed by atoms with E-state index in [4.69, 9.17) is 16.3 Å². The highest BCUT2D eigenvalue weighted by molar-refractivity contribution is 6.17. The fourth-order valence-corrected chi connectivity index (χ4v) is 2.69. The molecule has 0 spiro atoms. The second kappa shape index (κ2) is 7.40. The van der Waals surface area contributed by atoms with Crippen molar-refractivity contribution in [2.45, 2.75) is 51.1 Å². The first kappa shape index (κ1) is 15.8. The first-order chi connectivity index (χ1) is 10.2. The molecule has 1 aromatic heterocycles. The zero-order valence-electron chi connectivity index (χ0n) is 12.0. The maximum absolute atomic E-state index is 12.0. The first-order valence-corrected chi connectivity index (χ1v) is 7.64. The van der Waals surface area contributed by atoms with Crippen LogP contribution in [0.1, 0.15) is 48.8 Å². The van der Waals surface area contributed by atoms with Crippen LogP contribution in [0.5, 0.6) is 0 Å². The minimum Gasteiger partial charge on any atom is -0.461 e. The normalized spacial score (nSPS) is 15.1. The molecule has 7 nitrogen and oxygen atoms in total. The molecule has 0 aliphatic heterocycles. The van der Waals surface area contributed by atoms with Gasteiger partial charge in [-0.15, -0.1) is 16.7 Å². The number of hydrogen-bond donors (Lipinski definition) is 1. The van der Waals surface area contributed by atoms with Crippen molar-refractivity contribution in [2.24, 2.45) is 0 Å². The van der Waals surface area contributed by atoms with Gasteiger partial charge in [0.05, 0.1) is 18.2 Å². The summed E-state index contributed by atoms with van der Waals surface area (Å²) in [6.45, 7) is 1.96. The molecule has 1 aromatic rings. The van der Waals surface area contributed by atoms with Crippen molar-refractivity contribution in [3.8, 4) is 0 Å². The standard InChI is InChI=1S/C13H19ClN4O3/c1-2-21-13(20)12-10(7-14)18(17-16-12)8-11(19)15-9-5-3-4-6-9/h9H,2-8H2,1H3,(H,15,19). The molecule has 0 radical (unpaired) electrons. The maximum atomic E-state index is 12.0. The van der Waals surface area contributed by atoms with Gasteiger partial charge in [-0.1, -0.05) is 18.1 Å². The van der Waals surface area contributed by atoms with Gasteiger partial charge < -0.3 is 10.1 Å². The van der Waals surface area contributed by atoms with E-state index in [2.05, 4.69) is 15.6 Å². The number of carbonyl (C=O) groups excluding carboxylic acids is 2. The molecule has 2 rings (SSSR count). The molecule has 21 heavy (non-hydrogen) atoms. The molecule has 0 atom stereocenters. The smallest absolute Gasteiger partial charge is 0.360 e. The molecule has 1 fully saturated rings. The summed E-state index contributed by atoms with van der Waals surface area (Å²) < 4.78 is 6.23. The molecule has 1 aliphatic rings. The number of halogens is 1. The number of alkyl halides is 1. The number of rotatable bonds is 6. The summed E-state index contributed by atoms with van der Waals surface area (Å²) in [7, 11) is 0. The monoisotopic (exact) mass is 314 g/mol. The number of carbonyl (C=O) groups is 2. The Bertz CT molecular complexity index is 512. The quantitative estimate of drug-likeness (QED) is 0.631. The predicted molar refractivity (Wildman–Crippen MR) is 75.9 cm³/mol. The number of aromatic nitrogens is 3. The third kappa shape index (κ3) is 3.93. The largest absolute Gasteiger partial charge is 0.461 e. The highest BCUT2D eigenvalue weighted by Crippen LogP contribution is 2.17. The van der Waals surface area contributed by atoms with Crippen molar-refractivity contribution >= 4 is 23.5 Å². The van der Waals surface area contributed by atoms with Crippen LogP contribution in [0.2, 0.25) is 0 Å². The lowest BCUT2D eigenvalue weighted by molar-refractivity contribution is -0.122. The predicted octanol–water partition coefficient (Wildman–Crippen LogP) is 1.25. The summed E-state index contributed by atoms with van der Waals surface area (Å²) in [6, 6.07) is 0.241. The minimum absolute atomic E-state index is 0.00492. The van der Waals surface area contributed by atoms with Gasteiger partial charge in [-0.25, -0.2) is 9.48 Å². The summed E-state index contributed by atoms with van der Waals surface area (Å²) in [5.74, 6) is -0.679. The van der Waals surface area contributed by atoms with Crippen molar-refractivity contribution < 1.29 is 14.3 Å². The van der Waals surface area contributed by atoms with Gasteiger partial charge in [0.1, 0.15) is 6.54 Å². The van der Waals surface area contributed by atoms with Gasteiger partial charge in [0, 0.05) is 6.04 Å². The summed E-state index contributed by atoms with van der Waals surface area (Å²) >= 11 is 5.84. The first-order valence-electron chi connectivity index (χ1n) is 7.10. The third-order valence-electron chi connectivity index (χ3n) is 3.45. The lowest BCUT2D eigenvalue weighted by Crippen LogP contribution is -2.35. The second-order valence-electron chi connectivity index (χ2n) is 4.95. The van der Waals surface area contributed by atoms with Gasteiger partial charge >= 0.3 is 5.97 Å². The van der Waals surface area contributed by atoms with Crippen molar-refractivity contribution in [3.05, 3.63) is 11.4 Å². The summed E-state index contributed by atoms with van der Waals surface area (Å²) in [6.07, 6.45) is 4.32. The molecule has 0 bridgehead atoms. The van der Waals surface area contributed by atoms with E-state index in [1.54, 1.807) is 6.92 Å². The molecular formula is C13H19ClN4O3. The van der Waals surface area contributed by atoms with E-state index < -0.39 is 5.97 Å². The van der Waals surface area contributed by atoms with E-state index in [1.807, 2.05) is 0 Å². The van der Waals surface area contributed by atoms with Gasteiger partial charge in [0.15, 0.2) is 5.69 Å². The van der Waals surface area contributed by atoms with Crippen molar-refractivity contribution in [1.29, 1.82) is 0 Å². The SMILES string of the molecule is CCOC(=O)c1nnn(CC(=O)NC2CCCC2)c1CCl. The number of esters is 1. The van der Waals surface area contributed by atoms with Crippen molar-refractivity contribution in [3.63, 3.8) is 0 Å². The van der Waals surface area contributed by atoms with Gasteiger partial charge in [0.2, 0.25) is 5.91 Å². The Hall–Kier alpha value is -1.63. The Balaban J connectivity index is 2.02. The molecule has 1 N–H and O–H groups in total. The van der Waals surface area contributed by atoms with Crippen LogP contribution < -0.4 is 5.32 Å². The third-order valence-corrected chi connectivity index (χ3v) is 3.70. The molecule has 116 valence electrons. The molecule has 1 amide bonds. The molecule has 0 saturated heterocycles. The van der Waals surface area contributed by atoms with Crippen LogP contribution in [0.4, 0.5) is 0 Å². The van der Waals surface area contributed by atoms with E-state index in [0.717, 1.165) is 25.7 Å². The van der Waals surface area contributed by atoms with Crippen LogP contribution in [0, 0.1) is 0 Å². The van der Waals surface area contributed by atoms with E-state index in [0.29, 0.717) is 5.69 Å². The Kier molecular flexibility index (Phi) is 5.55. The highest BCUT2D eigenvalue weighted by Gasteiger charge is 2.22. The van der Waals surface area contributed by atoms with Gasteiger partial charge in [-0.3, -0.25) is 4.79 Å². The van der Waals surface area contributed by atoms with Crippen LogP contribution in [0.15, 0.2) is 0 Å². The van der Waals surface area contributed by atoms with Gasteiger partial charge in [-0.2, -0.15) is 0 Å². The summed E-state index contributed by atoms with van der Waals surface area (Å²) in [4.78, 5) is 23.7. The Labute approximate surface area is 128 Å². The maximum Gasteiger partial charge on any atom is 0.360 e. The molecule has 0 aromatic carbocycles. The molecule has 1 heterocycles. The van der Waals surface area contributed by atoms with E-state index in [9.17, 15) is 9.59 Å². The van der Waals surface area contributed by atoms with E-state index in [-0.39, 0.29) is 36.7 Å². The van der Waals surface area contributed by atoms with Gasteiger partial charge in [-0.05, 0) is 19.8 Å². The van der Waals surface area contributed by atoms with Crippen LogP contribution in [0.25, 0.3) is 0 Å². The zero-order chi connectivity index (χ0) is 15.2. The fourth-order valence-electron chi connectivity index (χ4n) is 2.43. The van der Waals surface area contributed by atoms with E-state index >= 15 is 0 Å². The van der Waals surface area contributed by atoms with Crippen molar-refractivity contribution in [2.75, 3.05) is 6.61 Å². The van der Waals surface area contributed by atoms with Crippen LogP contribution in [0.3, 0.4) is 0 Å². The molecular weight excluding hydrogens is 296 g/mol. The number of nitrogens with one attached hydrogen (secondary N) is 1. The van der Waals surface area contributed by atoms with E-state index in [1.165, 1.54) is 4.68 Å². The Morgan fingerprint density at radius 1 is 1.43 bits per heavy atom. The summed E-state index contributed by atoms with van der Waals surface area (Å²) in [5, 5.41) is 10.5. The lowest BCUT2D eigenvalue weighted by Gasteiger charge is -2.12. The fraction of sp³-hybridized carbons (Fsp3) is 0.692. The highest BCUT2D eigenvalue weighted by atomic mass is 35.5. The second-order valence-corrected chi connectivity index (χ2v) is 5.21.